The van der Waals surface area contributed by atoms with Gasteiger partial charge in [-0.05, 0) is 42.7 Å². The van der Waals surface area contributed by atoms with Gasteiger partial charge in [0, 0.05) is 37.4 Å². The summed E-state index contributed by atoms with van der Waals surface area (Å²) in [6.45, 7) is 3.37. The molecule has 5 rings (SSSR count). The fourth-order valence-electron chi connectivity index (χ4n) is 4.86. The standard InChI is InChI=1S/C25H28N4O4/c30-23(27-16-17-6-9-22(26-15-17)28-10-12-33-13-11-28)18-7-8-20-21(14-18)25(32)29(24(20)31)19-4-2-1-3-5-19/h6-9,14-15,19H,1-5,10-13,16H2,(H,27,30). The van der Waals surface area contributed by atoms with Crippen LogP contribution in [0.2, 0.25) is 0 Å². The molecule has 1 saturated heterocycles. The minimum Gasteiger partial charge on any atom is -0.378 e. The molecule has 8 heteroatoms. The van der Waals surface area contributed by atoms with E-state index in [4.69, 9.17) is 4.74 Å². The van der Waals surface area contributed by atoms with Crippen molar-refractivity contribution >= 4 is 23.5 Å². The molecule has 33 heavy (non-hydrogen) atoms. The summed E-state index contributed by atoms with van der Waals surface area (Å²) in [5, 5.41) is 2.88. The second kappa shape index (κ2) is 9.31. The maximum Gasteiger partial charge on any atom is 0.261 e. The number of carbonyl (C=O) groups excluding carboxylic acids is 3. The van der Waals surface area contributed by atoms with Gasteiger partial charge in [-0.2, -0.15) is 0 Å². The number of carbonyl (C=O) groups is 3. The topological polar surface area (TPSA) is 91.8 Å². The second-order valence-electron chi connectivity index (χ2n) is 8.84. The largest absolute Gasteiger partial charge is 0.378 e. The molecule has 2 aliphatic heterocycles. The van der Waals surface area contributed by atoms with Gasteiger partial charge in [0.2, 0.25) is 0 Å². The molecule has 1 N–H and O–H groups in total. The van der Waals surface area contributed by atoms with Gasteiger partial charge in [0.05, 0.1) is 24.3 Å². The Bertz CT molecular complexity index is 1060. The predicted molar refractivity (Wildman–Crippen MR) is 122 cm³/mol. The van der Waals surface area contributed by atoms with Crippen LogP contribution in [0, 0.1) is 0 Å². The molecule has 2 aromatic rings. The van der Waals surface area contributed by atoms with Crippen molar-refractivity contribution in [3.63, 3.8) is 0 Å². The Hall–Kier alpha value is -3.26. The number of pyridine rings is 1. The summed E-state index contributed by atoms with van der Waals surface area (Å²) in [4.78, 5) is 46.6. The Kier molecular flexibility index (Phi) is 6.09. The van der Waals surface area contributed by atoms with E-state index < -0.39 is 0 Å². The summed E-state index contributed by atoms with van der Waals surface area (Å²) in [6, 6.07) is 8.64. The molecule has 0 radical (unpaired) electrons. The van der Waals surface area contributed by atoms with Crippen molar-refractivity contribution in [2.75, 3.05) is 31.2 Å². The van der Waals surface area contributed by atoms with Crippen LogP contribution in [0.3, 0.4) is 0 Å². The molecular weight excluding hydrogens is 420 g/mol. The normalized spacial score (nSPS) is 19.0. The number of ether oxygens (including phenoxy) is 1. The average Bonchev–Trinajstić information content (AvgIpc) is 3.13. The molecule has 0 bridgehead atoms. The summed E-state index contributed by atoms with van der Waals surface area (Å²) in [6.07, 6.45) is 6.70. The van der Waals surface area contributed by atoms with Crippen molar-refractivity contribution in [1.29, 1.82) is 0 Å². The third kappa shape index (κ3) is 4.35. The number of rotatable bonds is 5. The molecule has 8 nitrogen and oxygen atoms in total. The first-order valence-electron chi connectivity index (χ1n) is 11.7. The highest BCUT2D eigenvalue weighted by molar-refractivity contribution is 6.22. The zero-order valence-corrected chi connectivity index (χ0v) is 18.6. The van der Waals surface area contributed by atoms with Crippen LogP contribution in [0.15, 0.2) is 36.5 Å². The van der Waals surface area contributed by atoms with Crippen LogP contribution >= 0.6 is 0 Å². The van der Waals surface area contributed by atoms with Gasteiger partial charge in [0.25, 0.3) is 17.7 Å². The van der Waals surface area contributed by atoms with Crippen molar-refractivity contribution in [3.05, 3.63) is 58.8 Å². The second-order valence-corrected chi connectivity index (χ2v) is 8.84. The minimum absolute atomic E-state index is 0.0311. The highest BCUT2D eigenvalue weighted by Gasteiger charge is 2.40. The van der Waals surface area contributed by atoms with E-state index in [9.17, 15) is 14.4 Å². The van der Waals surface area contributed by atoms with Crippen LogP contribution in [-0.2, 0) is 11.3 Å². The maximum absolute atomic E-state index is 13.0. The number of nitrogens with one attached hydrogen (secondary N) is 1. The van der Waals surface area contributed by atoms with Crippen LogP contribution in [0.5, 0.6) is 0 Å². The van der Waals surface area contributed by atoms with Gasteiger partial charge in [-0.15, -0.1) is 0 Å². The lowest BCUT2D eigenvalue weighted by Crippen LogP contribution is -2.40. The molecule has 1 aromatic heterocycles. The molecule has 1 aromatic carbocycles. The molecule has 1 saturated carbocycles. The van der Waals surface area contributed by atoms with Crippen LogP contribution in [0.25, 0.3) is 0 Å². The van der Waals surface area contributed by atoms with Gasteiger partial charge >= 0.3 is 0 Å². The molecule has 0 atom stereocenters. The van der Waals surface area contributed by atoms with Crippen LogP contribution in [0.1, 0.15) is 68.7 Å². The fourth-order valence-corrected chi connectivity index (χ4v) is 4.86. The summed E-state index contributed by atoms with van der Waals surface area (Å²) in [7, 11) is 0. The zero-order valence-electron chi connectivity index (χ0n) is 18.6. The first kappa shape index (κ1) is 21.6. The molecule has 2 fully saturated rings. The van der Waals surface area contributed by atoms with Gasteiger partial charge in [0.1, 0.15) is 5.82 Å². The van der Waals surface area contributed by atoms with Crippen molar-refractivity contribution in [2.45, 2.75) is 44.7 Å². The van der Waals surface area contributed by atoms with E-state index in [0.717, 1.165) is 56.6 Å². The van der Waals surface area contributed by atoms with E-state index in [-0.39, 0.29) is 23.8 Å². The number of hydrogen-bond donors (Lipinski definition) is 1. The van der Waals surface area contributed by atoms with E-state index >= 15 is 0 Å². The van der Waals surface area contributed by atoms with Gasteiger partial charge < -0.3 is 15.0 Å². The Balaban J connectivity index is 1.23. The predicted octanol–water partition coefficient (Wildman–Crippen LogP) is 2.78. The lowest BCUT2D eigenvalue weighted by Gasteiger charge is -2.29. The van der Waals surface area contributed by atoms with Crippen LogP contribution < -0.4 is 10.2 Å². The number of amides is 3. The lowest BCUT2D eigenvalue weighted by atomic mass is 9.94. The molecule has 0 unspecified atom stereocenters. The van der Waals surface area contributed by atoms with Gasteiger partial charge in [0.15, 0.2) is 0 Å². The summed E-state index contributed by atoms with van der Waals surface area (Å²) in [5.41, 5.74) is 1.98. The van der Waals surface area contributed by atoms with Gasteiger partial charge in [-0.25, -0.2) is 4.98 Å². The quantitative estimate of drug-likeness (QED) is 0.708. The van der Waals surface area contributed by atoms with Crippen molar-refractivity contribution in [3.8, 4) is 0 Å². The summed E-state index contributed by atoms with van der Waals surface area (Å²) >= 11 is 0. The average molecular weight is 449 g/mol. The highest BCUT2D eigenvalue weighted by Crippen LogP contribution is 2.31. The van der Waals surface area contributed by atoms with Crippen molar-refractivity contribution < 1.29 is 19.1 Å². The number of nitrogens with zero attached hydrogens (tertiary/aromatic N) is 3. The number of benzene rings is 1. The Labute approximate surface area is 192 Å². The SMILES string of the molecule is O=C(NCc1ccc(N2CCOCC2)nc1)c1ccc2c(c1)C(=O)N(C1CCCCC1)C2=O. The monoisotopic (exact) mass is 448 g/mol. The molecule has 172 valence electrons. The Morgan fingerprint density at radius 2 is 1.76 bits per heavy atom. The van der Waals surface area contributed by atoms with Crippen LogP contribution in [0.4, 0.5) is 5.82 Å². The zero-order chi connectivity index (χ0) is 22.8. The third-order valence-electron chi connectivity index (χ3n) is 6.72. The van der Waals surface area contributed by atoms with Gasteiger partial charge in [-0.3, -0.25) is 19.3 Å². The minimum atomic E-state index is -0.286. The number of fused-ring (bicyclic) bond motifs is 1. The first-order valence-corrected chi connectivity index (χ1v) is 11.7. The number of imide groups is 1. The van der Waals surface area contributed by atoms with E-state index in [1.54, 1.807) is 24.4 Å². The number of hydrogen-bond acceptors (Lipinski definition) is 6. The maximum atomic E-state index is 13.0. The molecule has 1 aliphatic carbocycles. The summed E-state index contributed by atoms with van der Waals surface area (Å²) < 4.78 is 5.37. The van der Waals surface area contributed by atoms with E-state index in [1.165, 1.54) is 4.90 Å². The molecular formula is C25H28N4O4. The van der Waals surface area contributed by atoms with Crippen molar-refractivity contribution in [1.82, 2.24) is 15.2 Å². The Morgan fingerprint density at radius 1 is 1.00 bits per heavy atom. The number of aromatic nitrogens is 1. The smallest absolute Gasteiger partial charge is 0.261 e. The van der Waals surface area contributed by atoms with Crippen molar-refractivity contribution in [2.24, 2.45) is 0 Å². The molecule has 3 heterocycles. The third-order valence-corrected chi connectivity index (χ3v) is 6.72. The molecule has 3 aliphatic rings. The molecule has 3 amide bonds. The number of anilines is 1. The van der Waals surface area contributed by atoms with Crippen LogP contribution in [-0.4, -0.2) is 60.0 Å². The Morgan fingerprint density at radius 3 is 2.48 bits per heavy atom. The lowest BCUT2D eigenvalue weighted by molar-refractivity contribution is 0.0548. The fraction of sp³-hybridized carbons (Fsp3) is 0.440. The summed E-state index contributed by atoms with van der Waals surface area (Å²) in [5.74, 6) is 0.101. The van der Waals surface area contributed by atoms with E-state index in [2.05, 4.69) is 15.2 Å². The molecule has 0 spiro atoms. The van der Waals surface area contributed by atoms with E-state index in [1.807, 2.05) is 12.1 Å². The highest BCUT2D eigenvalue weighted by atomic mass is 16.5. The number of morpholine rings is 1. The van der Waals surface area contributed by atoms with Gasteiger partial charge in [-0.1, -0.05) is 25.3 Å². The first-order chi connectivity index (χ1) is 16.1. The van der Waals surface area contributed by atoms with E-state index in [0.29, 0.717) is 36.4 Å².